The molecule has 1 aromatic heterocycles. The highest BCUT2D eigenvalue weighted by molar-refractivity contribution is 5.97. The van der Waals surface area contributed by atoms with Crippen molar-refractivity contribution in [1.82, 2.24) is 0 Å². The van der Waals surface area contributed by atoms with Crippen molar-refractivity contribution in [1.29, 1.82) is 0 Å². The van der Waals surface area contributed by atoms with Crippen LogP contribution in [0.25, 0.3) is 22.1 Å². The fraction of sp³-hybridized carbons (Fsp3) is 0.185. The van der Waals surface area contributed by atoms with Gasteiger partial charge in [-0.2, -0.15) is 0 Å². The van der Waals surface area contributed by atoms with E-state index in [-0.39, 0.29) is 12.4 Å². The minimum Gasteiger partial charge on any atom is -0.485 e. The van der Waals surface area contributed by atoms with E-state index in [0.717, 1.165) is 29.7 Å². The quantitative estimate of drug-likeness (QED) is 0.309. The Labute approximate surface area is 185 Å². The average Bonchev–Trinajstić information content (AvgIpc) is 3.38. The number of anilines is 1. The Morgan fingerprint density at radius 2 is 1.66 bits per heavy atom. The predicted octanol–water partition coefficient (Wildman–Crippen LogP) is 5.32. The van der Waals surface area contributed by atoms with Gasteiger partial charge in [-0.3, -0.25) is 4.79 Å². The zero-order valence-electron chi connectivity index (χ0n) is 17.6. The van der Waals surface area contributed by atoms with Crippen LogP contribution in [0, 0.1) is 0 Å². The van der Waals surface area contributed by atoms with E-state index in [4.69, 9.17) is 9.15 Å². The third kappa shape index (κ3) is 4.14. The molecular weight excluding hydrogens is 402 g/mol. The van der Waals surface area contributed by atoms with Gasteiger partial charge in [0.1, 0.15) is 11.3 Å². The largest absolute Gasteiger partial charge is 0.485 e. The number of nitrogens with zero attached hydrogens (tertiary/aromatic N) is 1. The molecule has 1 aliphatic rings. The van der Waals surface area contributed by atoms with E-state index in [9.17, 15) is 9.59 Å². The molecule has 0 unspecified atom stereocenters. The first-order valence-electron chi connectivity index (χ1n) is 10.8. The van der Waals surface area contributed by atoms with Crippen molar-refractivity contribution >= 4 is 22.4 Å². The van der Waals surface area contributed by atoms with Gasteiger partial charge in [-0.1, -0.05) is 30.3 Å². The lowest BCUT2D eigenvalue weighted by molar-refractivity contribution is 0.0921. The lowest BCUT2D eigenvalue weighted by Crippen LogP contribution is -2.18. The lowest BCUT2D eigenvalue weighted by Gasteiger charge is -2.17. The number of hydrogen-bond acceptors (Lipinski definition) is 5. The zero-order chi connectivity index (χ0) is 21.9. The van der Waals surface area contributed by atoms with E-state index in [0.29, 0.717) is 22.5 Å². The fourth-order valence-corrected chi connectivity index (χ4v) is 4.07. The minimum atomic E-state index is -0.407. The second kappa shape index (κ2) is 8.71. The number of ketones is 1. The monoisotopic (exact) mass is 425 g/mol. The van der Waals surface area contributed by atoms with Crippen LogP contribution in [0.1, 0.15) is 23.2 Å². The summed E-state index contributed by atoms with van der Waals surface area (Å²) in [6.07, 6.45) is 2.43. The molecule has 2 heterocycles. The second-order valence-electron chi connectivity index (χ2n) is 7.97. The van der Waals surface area contributed by atoms with E-state index in [2.05, 4.69) is 4.90 Å². The first-order chi connectivity index (χ1) is 15.7. The summed E-state index contributed by atoms with van der Waals surface area (Å²) in [4.78, 5) is 27.3. The molecule has 0 aliphatic carbocycles. The second-order valence-corrected chi connectivity index (χ2v) is 7.97. The van der Waals surface area contributed by atoms with Crippen LogP contribution < -0.4 is 15.3 Å². The number of hydrogen-bond donors (Lipinski definition) is 0. The zero-order valence-corrected chi connectivity index (χ0v) is 17.6. The van der Waals surface area contributed by atoms with Crippen LogP contribution in [0.3, 0.4) is 0 Å². The average molecular weight is 425 g/mol. The maximum Gasteiger partial charge on any atom is 0.344 e. The Morgan fingerprint density at radius 1 is 0.906 bits per heavy atom. The highest BCUT2D eigenvalue weighted by Crippen LogP contribution is 2.25. The Bertz CT molecular complexity index is 1300. The molecule has 32 heavy (non-hydrogen) atoms. The van der Waals surface area contributed by atoms with Gasteiger partial charge in [-0.25, -0.2) is 4.79 Å². The van der Waals surface area contributed by atoms with Crippen LogP contribution in [-0.2, 0) is 0 Å². The first-order valence-corrected chi connectivity index (χ1v) is 10.8. The van der Waals surface area contributed by atoms with Crippen molar-refractivity contribution in [2.45, 2.75) is 12.8 Å². The van der Waals surface area contributed by atoms with Crippen molar-refractivity contribution in [2.24, 2.45) is 0 Å². The van der Waals surface area contributed by atoms with Crippen molar-refractivity contribution < 1.29 is 13.9 Å². The smallest absolute Gasteiger partial charge is 0.344 e. The standard InChI is InChI=1S/C27H23NO4/c29-25(20-8-11-22(12-9-20)28-14-4-5-15-28)18-31-23-13-10-21-16-24(19-6-2-1-3-7-19)27(30)32-26(21)17-23/h1-3,6-13,16-17H,4-5,14-15,18H2. The fourth-order valence-electron chi connectivity index (χ4n) is 4.07. The molecule has 3 aromatic carbocycles. The van der Waals surface area contributed by atoms with Crippen molar-refractivity contribution in [3.63, 3.8) is 0 Å². The number of rotatable bonds is 6. The van der Waals surface area contributed by atoms with E-state index in [1.807, 2.05) is 66.7 Å². The molecule has 160 valence electrons. The highest BCUT2D eigenvalue weighted by Gasteiger charge is 2.14. The molecule has 5 heteroatoms. The minimum absolute atomic E-state index is 0.0824. The van der Waals surface area contributed by atoms with Crippen LogP contribution in [-0.4, -0.2) is 25.5 Å². The first kappa shape index (κ1) is 20.1. The Hall–Kier alpha value is -3.86. The SMILES string of the molecule is O=C(COc1ccc2cc(-c3ccccc3)c(=O)oc2c1)c1ccc(N2CCCC2)cc1. The number of carbonyl (C=O) groups excluding carboxylic acids is 1. The predicted molar refractivity (Wildman–Crippen MR) is 126 cm³/mol. The number of Topliss-reactive ketones (excluding diaryl/α,β-unsaturated/α-hetero) is 1. The van der Waals surface area contributed by atoms with Crippen molar-refractivity contribution in [3.8, 4) is 16.9 Å². The molecule has 0 spiro atoms. The summed E-state index contributed by atoms with van der Waals surface area (Å²) >= 11 is 0. The summed E-state index contributed by atoms with van der Waals surface area (Å²) in [7, 11) is 0. The van der Waals surface area contributed by atoms with Crippen molar-refractivity contribution in [2.75, 3.05) is 24.6 Å². The molecule has 0 bridgehead atoms. The van der Waals surface area contributed by atoms with E-state index >= 15 is 0 Å². The van der Waals surface area contributed by atoms with Gasteiger partial charge in [-0.15, -0.1) is 0 Å². The van der Waals surface area contributed by atoms with Gasteiger partial charge in [0.25, 0.3) is 0 Å². The lowest BCUT2D eigenvalue weighted by atomic mass is 10.1. The molecule has 0 saturated carbocycles. The van der Waals surface area contributed by atoms with Gasteiger partial charge >= 0.3 is 5.63 Å². The summed E-state index contributed by atoms with van der Waals surface area (Å²) in [6, 6.07) is 24.2. The third-order valence-corrected chi connectivity index (χ3v) is 5.82. The van der Waals surface area contributed by atoms with Crippen LogP contribution in [0.5, 0.6) is 5.75 Å². The maximum absolute atomic E-state index is 12.6. The Morgan fingerprint density at radius 3 is 2.41 bits per heavy atom. The summed E-state index contributed by atoms with van der Waals surface area (Å²) < 4.78 is 11.2. The summed E-state index contributed by atoms with van der Waals surface area (Å²) in [5.74, 6) is 0.383. The molecule has 0 atom stereocenters. The van der Waals surface area contributed by atoms with Gasteiger partial charge in [-0.05, 0) is 60.9 Å². The van der Waals surface area contributed by atoms with Crippen LogP contribution >= 0.6 is 0 Å². The number of benzene rings is 3. The van der Waals surface area contributed by atoms with Crippen LogP contribution in [0.15, 0.2) is 88.1 Å². The Balaban J connectivity index is 1.29. The van der Waals surface area contributed by atoms with Crippen LogP contribution in [0.2, 0.25) is 0 Å². The van der Waals surface area contributed by atoms with Crippen molar-refractivity contribution in [3.05, 3.63) is 94.8 Å². The summed E-state index contributed by atoms with van der Waals surface area (Å²) in [6.45, 7) is 2.06. The van der Waals surface area contributed by atoms with Gasteiger partial charge in [0.15, 0.2) is 12.4 Å². The summed E-state index contributed by atoms with van der Waals surface area (Å²) in [5, 5.41) is 0.791. The topological polar surface area (TPSA) is 59.8 Å². The molecule has 0 N–H and O–H groups in total. The van der Waals surface area contributed by atoms with E-state index in [1.54, 1.807) is 12.1 Å². The molecule has 5 rings (SSSR count). The molecular formula is C27H23NO4. The van der Waals surface area contributed by atoms with Gasteiger partial charge in [0, 0.05) is 35.8 Å². The molecule has 0 radical (unpaired) electrons. The number of carbonyl (C=O) groups is 1. The molecule has 1 fully saturated rings. The summed E-state index contributed by atoms with van der Waals surface area (Å²) in [5.41, 5.74) is 3.11. The molecule has 5 nitrogen and oxygen atoms in total. The molecule has 4 aromatic rings. The Kier molecular flexibility index (Phi) is 5.46. The van der Waals surface area contributed by atoms with Gasteiger partial charge < -0.3 is 14.1 Å². The van der Waals surface area contributed by atoms with Gasteiger partial charge in [0.2, 0.25) is 0 Å². The molecule has 1 aliphatic heterocycles. The number of ether oxygens (including phenoxy) is 1. The number of fused-ring (bicyclic) bond motifs is 1. The van der Waals surface area contributed by atoms with E-state index < -0.39 is 5.63 Å². The third-order valence-electron chi connectivity index (χ3n) is 5.82. The van der Waals surface area contributed by atoms with Gasteiger partial charge in [0.05, 0.1) is 5.56 Å². The molecule has 1 saturated heterocycles. The molecule has 0 amide bonds. The maximum atomic E-state index is 12.6. The van der Waals surface area contributed by atoms with Crippen LogP contribution in [0.4, 0.5) is 5.69 Å². The normalized spacial score (nSPS) is 13.4. The highest BCUT2D eigenvalue weighted by atomic mass is 16.5. The van der Waals surface area contributed by atoms with E-state index in [1.165, 1.54) is 12.8 Å².